The molecule has 222 valence electrons. The van der Waals surface area contributed by atoms with Crippen LogP contribution in [0.1, 0.15) is 47.8 Å². The van der Waals surface area contributed by atoms with Gasteiger partial charge in [0, 0.05) is 54.8 Å². The van der Waals surface area contributed by atoms with Gasteiger partial charge in [-0.1, -0.05) is 16.7 Å². The fraction of sp³-hybridized carbons (Fsp3) is 0.500. The van der Waals surface area contributed by atoms with Gasteiger partial charge in [-0.15, -0.1) is 0 Å². The number of β-amino-alcohol motifs (C(OH)–C–C–N with tert-alkyl or cyclic N) is 1. The first-order chi connectivity index (χ1) is 20.1. The largest absolute Gasteiger partial charge is 0.391 e. The predicted octanol–water partition coefficient (Wildman–Crippen LogP) is 3.19. The first-order valence-electron chi connectivity index (χ1n) is 13.8. The summed E-state index contributed by atoms with van der Waals surface area (Å²) in [4.78, 5) is 27.5. The molecule has 1 aromatic carbocycles. The average molecular weight is 615 g/mol. The molecule has 0 saturated carbocycles. The van der Waals surface area contributed by atoms with E-state index in [4.69, 9.17) is 27.2 Å². The van der Waals surface area contributed by atoms with Crippen LogP contribution in [-0.2, 0) is 10.0 Å². The fourth-order valence-electron chi connectivity index (χ4n) is 5.81. The van der Waals surface area contributed by atoms with Crippen LogP contribution in [0.4, 0.5) is 17.3 Å². The third-order valence-electron chi connectivity index (χ3n) is 7.99. The van der Waals surface area contributed by atoms with Crippen LogP contribution in [0.5, 0.6) is 0 Å². The SMILES string of the molecule is CS(=O)(=O)Nc1ccc(Cl)cc1C(=O)N1CCCC[C@H]1c1cc2nc(N3CCC3)cc(N3C[C@H](N=[N+]=[N-])[C@@H](O)C3)n2n1. The number of piperidine rings is 1. The van der Waals surface area contributed by atoms with Gasteiger partial charge in [0.1, 0.15) is 11.6 Å². The summed E-state index contributed by atoms with van der Waals surface area (Å²) in [7, 11) is -3.63. The Hall–Kier alpha value is -3.78. The Balaban J connectivity index is 1.39. The van der Waals surface area contributed by atoms with Crippen LogP contribution in [0, 0.1) is 0 Å². The molecule has 1 amide bonds. The number of nitrogens with one attached hydrogen (secondary N) is 1. The van der Waals surface area contributed by atoms with Crippen molar-refractivity contribution in [3.05, 3.63) is 57.1 Å². The first kappa shape index (κ1) is 28.3. The van der Waals surface area contributed by atoms with Gasteiger partial charge in [-0.25, -0.2) is 13.4 Å². The lowest BCUT2D eigenvalue weighted by atomic mass is 9.98. The topological polar surface area (TPSA) is 172 Å². The molecule has 3 atom stereocenters. The van der Waals surface area contributed by atoms with Crippen molar-refractivity contribution in [3.8, 4) is 0 Å². The normalized spacial score (nSPS) is 22.6. The Kier molecular flexibility index (Phi) is 7.51. The maximum absolute atomic E-state index is 14.0. The number of amides is 1. The van der Waals surface area contributed by atoms with Gasteiger partial charge in [0.05, 0.1) is 41.4 Å². The molecular formula is C26H31ClN10O4S. The summed E-state index contributed by atoms with van der Waals surface area (Å²) in [5.41, 5.74) is 10.5. The number of carbonyl (C=O) groups is 1. The van der Waals surface area contributed by atoms with E-state index in [9.17, 15) is 18.3 Å². The summed E-state index contributed by atoms with van der Waals surface area (Å²) in [5, 5.41) is 19.5. The van der Waals surface area contributed by atoms with E-state index in [1.165, 1.54) is 18.2 Å². The smallest absolute Gasteiger partial charge is 0.256 e. The Labute approximate surface area is 247 Å². The molecule has 0 spiro atoms. The summed E-state index contributed by atoms with van der Waals surface area (Å²) < 4.78 is 28.2. The minimum Gasteiger partial charge on any atom is -0.391 e. The molecule has 16 heteroatoms. The van der Waals surface area contributed by atoms with Crippen LogP contribution >= 0.6 is 11.6 Å². The van der Waals surface area contributed by atoms with Crippen LogP contribution in [0.15, 0.2) is 35.4 Å². The van der Waals surface area contributed by atoms with E-state index >= 15 is 0 Å². The van der Waals surface area contributed by atoms with E-state index in [0.717, 1.165) is 44.4 Å². The van der Waals surface area contributed by atoms with E-state index in [1.807, 2.05) is 17.0 Å². The number of hydrogen-bond acceptors (Lipinski definition) is 9. The molecule has 2 aromatic heterocycles. The summed E-state index contributed by atoms with van der Waals surface area (Å²) >= 11 is 6.23. The number of halogens is 1. The van der Waals surface area contributed by atoms with Gasteiger partial charge in [-0.05, 0) is 49.4 Å². The zero-order valence-corrected chi connectivity index (χ0v) is 24.5. The van der Waals surface area contributed by atoms with E-state index in [-0.39, 0.29) is 29.7 Å². The van der Waals surface area contributed by atoms with E-state index in [1.54, 1.807) is 9.42 Å². The number of anilines is 3. The van der Waals surface area contributed by atoms with Crippen LogP contribution in [0.3, 0.4) is 0 Å². The number of carbonyl (C=O) groups excluding carboxylic acids is 1. The zero-order chi connectivity index (χ0) is 29.6. The van der Waals surface area contributed by atoms with Crippen molar-refractivity contribution >= 4 is 50.5 Å². The Morgan fingerprint density at radius 2 is 1.95 bits per heavy atom. The summed E-state index contributed by atoms with van der Waals surface area (Å²) in [6.45, 7) is 2.85. The fourth-order valence-corrected chi connectivity index (χ4v) is 6.56. The highest BCUT2D eigenvalue weighted by molar-refractivity contribution is 7.92. The van der Waals surface area contributed by atoms with Gasteiger partial charge in [0.15, 0.2) is 5.65 Å². The molecule has 3 aromatic rings. The molecule has 0 aliphatic carbocycles. The number of aliphatic hydroxyl groups excluding tert-OH is 1. The average Bonchev–Trinajstić information content (AvgIpc) is 3.51. The lowest BCUT2D eigenvalue weighted by Crippen LogP contribution is -2.39. The second-order valence-electron chi connectivity index (χ2n) is 11.0. The van der Waals surface area contributed by atoms with Gasteiger partial charge < -0.3 is 19.8 Å². The second-order valence-corrected chi connectivity index (χ2v) is 13.2. The van der Waals surface area contributed by atoms with Crippen molar-refractivity contribution in [2.24, 2.45) is 5.11 Å². The molecule has 14 nitrogen and oxygen atoms in total. The minimum absolute atomic E-state index is 0.163. The standard InChI is InChI=1S/C26H31ClN10O4S/c1-42(40,41)32-18-7-6-16(27)11-17(18)26(39)36-10-3-2-5-21(36)19-12-24-29-23(34-8-4-9-34)13-25(37(24)31-19)35-14-20(30-33-28)22(38)15-35/h6-7,11-13,20-22,32,38H,2-5,8-10,14-15H2,1H3/t20-,21-,22-/m0/s1. The second kappa shape index (κ2) is 11.1. The van der Waals surface area contributed by atoms with Gasteiger partial charge in [-0.3, -0.25) is 9.52 Å². The van der Waals surface area contributed by atoms with Gasteiger partial charge in [-0.2, -0.15) is 9.61 Å². The number of nitrogens with zero attached hydrogens (tertiary/aromatic N) is 9. The van der Waals surface area contributed by atoms with Crippen LogP contribution in [0.2, 0.25) is 5.02 Å². The summed E-state index contributed by atoms with van der Waals surface area (Å²) in [6, 6.07) is 7.36. The van der Waals surface area contributed by atoms with Gasteiger partial charge in [0.2, 0.25) is 10.0 Å². The number of benzene rings is 1. The van der Waals surface area contributed by atoms with Crippen molar-refractivity contribution in [3.63, 3.8) is 0 Å². The highest BCUT2D eigenvalue weighted by atomic mass is 35.5. The number of hydrogen-bond donors (Lipinski definition) is 2. The highest BCUT2D eigenvalue weighted by Gasteiger charge is 2.35. The predicted molar refractivity (Wildman–Crippen MR) is 159 cm³/mol. The number of sulfonamides is 1. The molecule has 6 rings (SSSR count). The maximum atomic E-state index is 14.0. The van der Waals surface area contributed by atoms with E-state index in [2.05, 4.69) is 19.6 Å². The molecule has 3 saturated heterocycles. The lowest BCUT2D eigenvalue weighted by molar-refractivity contribution is 0.0607. The molecular weight excluding hydrogens is 584 g/mol. The molecule has 5 heterocycles. The molecule has 0 bridgehead atoms. The van der Waals surface area contributed by atoms with Crippen molar-refractivity contribution in [1.29, 1.82) is 0 Å². The maximum Gasteiger partial charge on any atom is 0.256 e. The Morgan fingerprint density at radius 3 is 2.67 bits per heavy atom. The molecule has 3 aliphatic rings. The van der Waals surface area contributed by atoms with Crippen molar-refractivity contribution in [2.45, 2.75) is 43.9 Å². The Morgan fingerprint density at radius 1 is 1.14 bits per heavy atom. The van der Waals surface area contributed by atoms with E-state index in [0.29, 0.717) is 41.7 Å². The quantitative estimate of drug-likeness (QED) is 0.232. The molecule has 3 aliphatic heterocycles. The molecule has 0 unspecified atom stereocenters. The first-order valence-corrected chi connectivity index (χ1v) is 16.1. The number of likely N-dealkylation sites (tertiary alicyclic amines) is 1. The zero-order valence-electron chi connectivity index (χ0n) is 23.0. The van der Waals surface area contributed by atoms with Crippen molar-refractivity contribution < 1.29 is 18.3 Å². The molecule has 0 radical (unpaired) electrons. The summed E-state index contributed by atoms with van der Waals surface area (Å²) in [5.74, 6) is 1.16. The van der Waals surface area contributed by atoms with E-state index < -0.39 is 22.2 Å². The monoisotopic (exact) mass is 614 g/mol. The minimum atomic E-state index is -3.63. The number of azide groups is 1. The van der Waals surface area contributed by atoms with Crippen LogP contribution in [-0.4, -0.2) is 90.1 Å². The number of fused-ring (bicyclic) bond motifs is 1. The molecule has 42 heavy (non-hydrogen) atoms. The van der Waals surface area contributed by atoms with Gasteiger partial charge in [0.25, 0.3) is 5.91 Å². The number of rotatable bonds is 7. The molecule has 3 fully saturated rings. The van der Waals surface area contributed by atoms with Crippen molar-refractivity contribution in [2.75, 3.05) is 53.5 Å². The third kappa shape index (κ3) is 5.52. The number of aliphatic hydroxyl groups is 1. The highest BCUT2D eigenvalue weighted by Crippen LogP contribution is 2.36. The van der Waals surface area contributed by atoms with Crippen LogP contribution in [0.25, 0.3) is 16.1 Å². The summed E-state index contributed by atoms with van der Waals surface area (Å²) in [6.07, 6.45) is 3.64. The Bertz CT molecular complexity index is 1690. The lowest BCUT2D eigenvalue weighted by Gasteiger charge is -2.35. The van der Waals surface area contributed by atoms with Crippen LogP contribution < -0.4 is 14.5 Å². The number of aromatic nitrogens is 3. The van der Waals surface area contributed by atoms with Crippen molar-refractivity contribution in [1.82, 2.24) is 19.5 Å². The van der Waals surface area contributed by atoms with Gasteiger partial charge >= 0.3 is 0 Å². The third-order valence-corrected chi connectivity index (χ3v) is 8.82. The molecule has 2 N–H and O–H groups in total.